The minimum absolute atomic E-state index is 0.0221. The topological polar surface area (TPSA) is 80.3 Å². The fraction of sp³-hybridized carbons (Fsp3) is 0.350. The van der Waals surface area contributed by atoms with E-state index in [4.69, 9.17) is 4.74 Å². The van der Waals surface area contributed by atoms with Gasteiger partial charge in [-0.2, -0.15) is 0 Å². The number of carbonyl (C=O) groups is 2. The molecule has 6 nitrogen and oxygen atoms in total. The molecule has 0 unspecified atom stereocenters. The van der Waals surface area contributed by atoms with Gasteiger partial charge in [0.2, 0.25) is 11.8 Å². The third-order valence-electron chi connectivity index (χ3n) is 4.30. The van der Waals surface area contributed by atoms with Crippen LogP contribution >= 0.6 is 0 Å². The zero-order valence-corrected chi connectivity index (χ0v) is 14.8. The highest BCUT2D eigenvalue weighted by Crippen LogP contribution is 2.29. The molecule has 2 heterocycles. The summed E-state index contributed by atoms with van der Waals surface area (Å²) in [5.74, 6) is -0.132. The van der Waals surface area contributed by atoms with E-state index in [1.54, 1.807) is 6.20 Å². The summed E-state index contributed by atoms with van der Waals surface area (Å²) in [4.78, 5) is 27.7. The Kier molecular flexibility index (Phi) is 5.96. The quantitative estimate of drug-likeness (QED) is 0.866. The zero-order chi connectivity index (χ0) is 18.4. The third kappa shape index (κ3) is 5.13. The number of nitrogens with one attached hydrogen (secondary N) is 2. The van der Waals surface area contributed by atoms with E-state index in [1.807, 2.05) is 42.5 Å². The standard InChI is InChI=1S/C20H23N3O3/c1-14(24)22-18-8-10-26-19(12-18)15-5-4-7-17(11-15)23-20(25)13-16-6-2-3-9-21-16/h2-7,9,11,18-19H,8,10,12-13H2,1H3,(H,22,24)(H,23,25)/t18-,19+/m0/s1. The first-order valence-electron chi connectivity index (χ1n) is 8.78. The molecule has 2 atom stereocenters. The third-order valence-corrected chi connectivity index (χ3v) is 4.30. The first-order valence-corrected chi connectivity index (χ1v) is 8.78. The average Bonchev–Trinajstić information content (AvgIpc) is 2.62. The maximum absolute atomic E-state index is 12.2. The molecule has 0 bridgehead atoms. The monoisotopic (exact) mass is 353 g/mol. The molecule has 0 spiro atoms. The molecule has 3 rings (SSSR count). The Morgan fingerprint density at radius 2 is 2.12 bits per heavy atom. The molecule has 136 valence electrons. The van der Waals surface area contributed by atoms with Gasteiger partial charge in [-0.1, -0.05) is 18.2 Å². The summed E-state index contributed by atoms with van der Waals surface area (Å²) in [6.45, 7) is 2.13. The number of nitrogens with zero attached hydrogens (tertiary/aromatic N) is 1. The smallest absolute Gasteiger partial charge is 0.230 e. The normalized spacial score (nSPS) is 19.6. The van der Waals surface area contributed by atoms with Crippen LogP contribution in [-0.2, 0) is 20.7 Å². The molecule has 0 saturated carbocycles. The predicted octanol–water partition coefficient (Wildman–Crippen LogP) is 2.62. The van der Waals surface area contributed by atoms with Gasteiger partial charge in [-0.3, -0.25) is 14.6 Å². The highest BCUT2D eigenvalue weighted by molar-refractivity contribution is 5.92. The molecule has 1 fully saturated rings. The lowest BCUT2D eigenvalue weighted by atomic mass is 9.97. The molecular formula is C20H23N3O3. The van der Waals surface area contributed by atoms with Crippen LogP contribution in [0.2, 0.25) is 0 Å². The molecule has 1 saturated heterocycles. The number of pyridine rings is 1. The molecule has 1 aliphatic heterocycles. The number of hydrogen-bond acceptors (Lipinski definition) is 4. The number of ether oxygens (including phenoxy) is 1. The summed E-state index contributed by atoms with van der Waals surface area (Å²) in [6.07, 6.45) is 3.36. The van der Waals surface area contributed by atoms with Crippen molar-refractivity contribution in [1.29, 1.82) is 0 Å². The lowest BCUT2D eigenvalue weighted by Gasteiger charge is -2.30. The first-order chi connectivity index (χ1) is 12.6. The van der Waals surface area contributed by atoms with Crippen molar-refractivity contribution in [3.8, 4) is 0 Å². The van der Waals surface area contributed by atoms with Crippen molar-refractivity contribution in [3.05, 3.63) is 59.9 Å². The van der Waals surface area contributed by atoms with Gasteiger partial charge in [-0.25, -0.2) is 0 Å². The van der Waals surface area contributed by atoms with Crippen LogP contribution in [0.15, 0.2) is 48.7 Å². The van der Waals surface area contributed by atoms with Gasteiger partial charge in [0.1, 0.15) is 0 Å². The number of anilines is 1. The average molecular weight is 353 g/mol. The van der Waals surface area contributed by atoms with Crippen LogP contribution in [-0.4, -0.2) is 29.4 Å². The summed E-state index contributed by atoms with van der Waals surface area (Å²) in [6, 6.07) is 13.3. The van der Waals surface area contributed by atoms with E-state index in [1.165, 1.54) is 6.92 Å². The van der Waals surface area contributed by atoms with Gasteiger partial charge < -0.3 is 15.4 Å². The van der Waals surface area contributed by atoms with Crippen molar-refractivity contribution >= 4 is 17.5 Å². The Morgan fingerprint density at radius 3 is 2.88 bits per heavy atom. The van der Waals surface area contributed by atoms with Crippen LogP contribution in [0, 0.1) is 0 Å². The van der Waals surface area contributed by atoms with E-state index in [9.17, 15) is 9.59 Å². The van der Waals surface area contributed by atoms with Gasteiger partial charge >= 0.3 is 0 Å². The van der Waals surface area contributed by atoms with Crippen LogP contribution in [0.4, 0.5) is 5.69 Å². The molecule has 1 aromatic carbocycles. The van der Waals surface area contributed by atoms with E-state index in [0.29, 0.717) is 6.61 Å². The van der Waals surface area contributed by atoms with Crippen LogP contribution in [0.1, 0.15) is 37.1 Å². The van der Waals surface area contributed by atoms with E-state index in [0.717, 1.165) is 29.8 Å². The largest absolute Gasteiger partial charge is 0.373 e. The van der Waals surface area contributed by atoms with E-state index >= 15 is 0 Å². The van der Waals surface area contributed by atoms with Crippen molar-refractivity contribution < 1.29 is 14.3 Å². The molecule has 2 N–H and O–H groups in total. The first kappa shape index (κ1) is 18.1. The van der Waals surface area contributed by atoms with Gasteiger partial charge in [-0.05, 0) is 42.7 Å². The van der Waals surface area contributed by atoms with Gasteiger partial charge in [0, 0.05) is 37.2 Å². The van der Waals surface area contributed by atoms with E-state index in [-0.39, 0.29) is 30.4 Å². The Hall–Kier alpha value is -2.73. The van der Waals surface area contributed by atoms with Crippen molar-refractivity contribution in [3.63, 3.8) is 0 Å². The second kappa shape index (κ2) is 8.58. The second-order valence-corrected chi connectivity index (χ2v) is 6.45. The number of amides is 2. The second-order valence-electron chi connectivity index (χ2n) is 6.45. The van der Waals surface area contributed by atoms with Crippen molar-refractivity contribution in [1.82, 2.24) is 10.3 Å². The Labute approximate surface area is 153 Å². The van der Waals surface area contributed by atoms with Gasteiger partial charge in [0.15, 0.2) is 0 Å². The molecule has 2 amide bonds. The Bertz CT molecular complexity index is 764. The van der Waals surface area contributed by atoms with Gasteiger partial charge in [-0.15, -0.1) is 0 Å². The van der Waals surface area contributed by atoms with Crippen molar-refractivity contribution in [2.45, 2.75) is 38.3 Å². The summed E-state index contributed by atoms with van der Waals surface area (Å²) in [7, 11) is 0. The molecule has 2 aromatic rings. The summed E-state index contributed by atoms with van der Waals surface area (Å²) in [5, 5.41) is 5.87. The van der Waals surface area contributed by atoms with Gasteiger partial charge in [0.25, 0.3) is 0 Å². The van der Waals surface area contributed by atoms with Crippen LogP contribution in [0.5, 0.6) is 0 Å². The van der Waals surface area contributed by atoms with E-state index < -0.39 is 0 Å². The lowest BCUT2D eigenvalue weighted by molar-refractivity contribution is -0.120. The molecule has 6 heteroatoms. The zero-order valence-electron chi connectivity index (χ0n) is 14.8. The SMILES string of the molecule is CC(=O)N[C@H]1CCO[C@@H](c2cccc(NC(=O)Cc3ccccn3)c2)C1. The lowest BCUT2D eigenvalue weighted by Crippen LogP contribution is -2.38. The van der Waals surface area contributed by atoms with Crippen LogP contribution < -0.4 is 10.6 Å². The number of carbonyl (C=O) groups excluding carboxylic acids is 2. The number of benzene rings is 1. The number of aromatic nitrogens is 1. The summed E-state index contributed by atoms with van der Waals surface area (Å²) < 4.78 is 5.86. The Balaban J connectivity index is 1.62. The highest BCUT2D eigenvalue weighted by Gasteiger charge is 2.24. The summed E-state index contributed by atoms with van der Waals surface area (Å²) >= 11 is 0. The fourth-order valence-corrected chi connectivity index (χ4v) is 3.14. The summed E-state index contributed by atoms with van der Waals surface area (Å²) in [5.41, 5.74) is 2.46. The molecule has 0 aliphatic carbocycles. The van der Waals surface area contributed by atoms with Crippen LogP contribution in [0.3, 0.4) is 0 Å². The van der Waals surface area contributed by atoms with Crippen molar-refractivity contribution in [2.24, 2.45) is 0 Å². The maximum atomic E-state index is 12.2. The number of hydrogen-bond donors (Lipinski definition) is 2. The number of rotatable bonds is 5. The molecular weight excluding hydrogens is 330 g/mol. The predicted molar refractivity (Wildman–Crippen MR) is 98.5 cm³/mol. The fourth-order valence-electron chi connectivity index (χ4n) is 3.14. The van der Waals surface area contributed by atoms with E-state index in [2.05, 4.69) is 15.6 Å². The molecule has 1 aromatic heterocycles. The van der Waals surface area contributed by atoms with Crippen molar-refractivity contribution in [2.75, 3.05) is 11.9 Å². The molecule has 26 heavy (non-hydrogen) atoms. The minimum Gasteiger partial charge on any atom is -0.373 e. The molecule has 0 radical (unpaired) electrons. The Morgan fingerprint density at radius 1 is 1.23 bits per heavy atom. The highest BCUT2D eigenvalue weighted by atomic mass is 16.5. The maximum Gasteiger partial charge on any atom is 0.230 e. The molecule has 1 aliphatic rings. The van der Waals surface area contributed by atoms with Crippen LogP contribution in [0.25, 0.3) is 0 Å². The minimum atomic E-state index is -0.110. The van der Waals surface area contributed by atoms with Gasteiger partial charge in [0.05, 0.1) is 12.5 Å².